The minimum atomic E-state index is 0.0454. The fourth-order valence-electron chi connectivity index (χ4n) is 2.40. The molecule has 118 valence electrons. The Morgan fingerprint density at radius 2 is 1.87 bits per heavy atom. The highest BCUT2D eigenvalue weighted by Gasteiger charge is 2.16. The Morgan fingerprint density at radius 1 is 1.09 bits per heavy atom. The van der Waals surface area contributed by atoms with E-state index >= 15 is 0 Å². The standard InChI is InChI=1S/C17H20N6/c18-10-4-7-15(20-14-5-2-1-3-6-14)17-21-16(22-23-17)13-8-11-19-12-9-13/h1-3,5-6,8-9,11-12,15,20H,4,7,10,18H2,(H,21,22,23). The maximum Gasteiger partial charge on any atom is 0.181 e. The van der Waals surface area contributed by atoms with Crippen LogP contribution in [-0.2, 0) is 0 Å². The van der Waals surface area contributed by atoms with Crippen molar-refractivity contribution in [3.8, 4) is 11.4 Å². The molecule has 0 fully saturated rings. The third-order valence-corrected chi connectivity index (χ3v) is 3.58. The van der Waals surface area contributed by atoms with Gasteiger partial charge in [0.1, 0.15) is 5.82 Å². The Balaban J connectivity index is 1.81. The number of hydrogen-bond donors (Lipinski definition) is 3. The lowest BCUT2D eigenvalue weighted by molar-refractivity contribution is 0.622. The van der Waals surface area contributed by atoms with Crippen LogP contribution in [-0.4, -0.2) is 26.7 Å². The van der Waals surface area contributed by atoms with Gasteiger partial charge < -0.3 is 11.1 Å². The van der Waals surface area contributed by atoms with Gasteiger partial charge in [-0.1, -0.05) is 18.2 Å². The van der Waals surface area contributed by atoms with Gasteiger partial charge in [-0.2, -0.15) is 5.10 Å². The molecule has 0 saturated heterocycles. The first kappa shape index (κ1) is 15.2. The molecule has 2 heterocycles. The minimum Gasteiger partial charge on any atom is -0.375 e. The molecule has 0 bridgehead atoms. The van der Waals surface area contributed by atoms with Crippen LogP contribution >= 0.6 is 0 Å². The number of para-hydroxylation sites is 1. The zero-order valence-corrected chi connectivity index (χ0v) is 12.8. The van der Waals surface area contributed by atoms with E-state index in [0.29, 0.717) is 12.4 Å². The van der Waals surface area contributed by atoms with Gasteiger partial charge in [-0.3, -0.25) is 10.1 Å². The number of aromatic nitrogens is 4. The second kappa shape index (κ2) is 7.51. The van der Waals surface area contributed by atoms with E-state index in [0.717, 1.165) is 29.9 Å². The van der Waals surface area contributed by atoms with Crippen molar-refractivity contribution in [1.82, 2.24) is 20.2 Å². The maximum atomic E-state index is 5.66. The molecular formula is C17H20N6. The van der Waals surface area contributed by atoms with Gasteiger partial charge in [0, 0.05) is 23.6 Å². The highest BCUT2D eigenvalue weighted by atomic mass is 15.2. The first-order valence-corrected chi connectivity index (χ1v) is 7.71. The molecule has 0 amide bonds. The van der Waals surface area contributed by atoms with E-state index < -0.39 is 0 Å². The predicted molar refractivity (Wildman–Crippen MR) is 90.7 cm³/mol. The molecule has 0 aliphatic heterocycles. The lowest BCUT2D eigenvalue weighted by atomic mass is 10.1. The highest BCUT2D eigenvalue weighted by molar-refractivity contribution is 5.53. The maximum absolute atomic E-state index is 5.66. The van der Waals surface area contributed by atoms with Gasteiger partial charge in [0.25, 0.3) is 0 Å². The van der Waals surface area contributed by atoms with Crippen molar-refractivity contribution in [2.24, 2.45) is 5.73 Å². The number of benzene rings is 1. The molecule has 1 atom stereocenters. The van der Waals surface area contributed by atoms with Crippen molar-refractivity contribution >= 4 is 5.69 Å². The van der Waals surface area contributed by atoms with Crippen molar-refractivity contribution < 1.29 is 0 Å². The number of aromatic amines is 1. The van der Waals surface area contributed by atoms with Crippen LogP contribution in [0.1, 0.15) is 24.7 Å². The van der Waals surface area contributed by atoms with Crippen LogP contribution in [0.25, 0.3) is 11.4 Å². The summed E-state index contributed by atoms with van der Waals surface area (Å²) in [5, 5.41) is 10.9. The third kappa shape index (κ3) is 3.92. The molecule has 3 aromatic rings. The van der Waals surface area contributed by atoms with Crippen molar-refractivity contribution in [2.45, 2.75) is 18.9 Å². The van der Waals surface area contributed by atoms with E-state index in [9.17, 15) is 0 Å². The minimum absolute atomic E-state index is 0.0454. The zero-order chi connectivity index (χ0) is 15.9. The molecule has 0 aliphatic carbocycles. The van der Waals surface area contributed by atoms with E-state index in [1.807, 2.05) is 42.5 Å². The molecule has 6 nitrogen and oxygen atoms in total. The summed E-state index contributed by atoms with van der Waals surface area (Å²) in [5.41, 5.74) is 7.66. The van der Waals surface area contributed by atoms with Crippen LogP contribution in [0, 0.1) is 0 Å². The molecular weight excluding hydrogens is 288 g/mol. The number of nitrogens with zero attached hydrogens (tertiary/aromatic N) is 3. The molecule has 1 unspecified atom stereocenters. The van der Waals surface area contributed by atoms with Crippen molar-refractivity contribution in [3.05, 3.63) is 60.7 Å². The summed E-state index contributed by atoms with van der Waals surface area (Å²) in [6, 6.07) is 13.9. The van der Waals surface area contributed by atoms with Crippen molar-refractivity contribution in [2.75, 3.05) is 11.9 Å². The Labute approximate surface area is 135 Å². The van der Waals surface area contributed by atoms with Crippen LogP contribution in [0.5, 0.6) is 0 Å². The van der Waals surface area contributed by atoms with Gasteiger partial charge in [0.15, 0.2) is 5.82 Å². The molecule has 1 aromatic carbocycles. The average Bonchev–Trinajstić information content (AvgIpc) is 3.10. The molecule has 0 spiro atoms. The number of nitrogens with two attached hydrogens (primary N) is 1. The smallest absolute Gasteiger partial charge is 0.181 e. The molecule has 2 aromatic heterocycles. The van der Waals surface area contributed by atoms with E-state index in [2.05, 4.69) is 25.5 Å². The first-order chi connectivity index (χ1) is 11.4. The summed E-state index contributed by atoms with van der Waals surface area (Å²) in [7, 11) is 0. The van der Waals surface area contributed by atoms with E-state index in [1.54, 1.807) is 12.4 Å². The second-order valence-corrected chi connectivity index (χ2v) is 5.27. The summed E-state index contributed by atoms with van der Waals surface area (Å²) in [6.07, 6.45) is 5.27. The average molecular weight is 308 g/mol. The highest BCUT2D eigenvalue weighted by Crippen LogP contribution is 2.23. The third-order valence-electron chi connectivity index (χ3n) is 3.58. The molecule has 0 saturated carbocycles. The fourth-order valence-corrected chi connectivity index (χ4v) is 2.40. The SMILES string of the molecule is NCCCC(Nc1ccccc1)c1nc(-c2ccncc2)n[nH]1. The summed E-state index contributed by atoms with van der Waals surface area (Å²) < 4.78 is 0. The lowest BCUT2D eigenvalue weighted by Gasteiger charge is -2.17. The van der Waals surface area contributed by atoms with Gasteiger partial charge in [-0.15, -0.1) is 0 Å². The number of H-pyrrole nitrogens is 1. The van der Waals surface area contributed by atoms with Crippen LogP contribution < -0.4 is 11.1 Å². The van der Waals surface area contributed by atoms with Gasteiger partial charge in [-0.25, -0.2) is 4.98 Å². The Hall–Kier alpha value is -2.73. The zero-order valence-electron chi connectivity index (χ0n) is 12.8. The normalized spacial score (nSPS) is 12.0. The summed E-state index contributed by atoms with van der Waals surface area (Å²) >= 11 is 0. The topological polar surface area (TPSA) is 92.5 Å². The number of hydrogen-bond acceptors (Lipinski definition) is 5. The van der Waals surface area contributed by atoms with E-state index in [1.165, 1.54) is 0 Å². The molecule has 0 aliphatic rings. The Kier molecular flexibility index (Phi) is 4.95. The van der Waals surface area contributed by atoms with Gasteiger partial charge in [0.05, 0.1) is 6.04 Å². The summed E-state index contributed by atoms with van der Waals surface area (Å²) in [5.74, 6) is 1.49. The van der Waals surface area contributed by atoms with Crippen molar-refractivity contribution in [1.29, 1.82) is 0 Å². The molecule has 0 radical (unpaired) electrons. The molecule has 3 rings (SSSR count). The molecule has 4 N–H and O–H groups in total. The van der Waals surface area contributed by atoms with Gasteiger partial charge in [-0.05, 0) is 43.7 Å². The second-order valence-electron chi connectivity index (χ2n) is 5.27. The van der Waals surface area contributed by atoms with E-state index in [-0.39, 0.29) is 6.04 Å². The number of rotatable bonds is 7. The largest absolute Gasteiger partial charge is 0.375 e. The number of anilines is 1. The predicted octanol–water partition coefficient (Wildman–Crippen LogP) is 2.76. The van der Waals surface area contributed by atoms with Gasteiger partial charge in [0.2, 0.25) is 0 Å². The van der Waals surface area contributed by atoms with Crippen LogP contribution in [0.4, 0.5) is 5.69 Å². The molecule has 6 heteroatoms. The van der Waals surface area contributed by atoms with Crippen LogP contribution in [0.2, 0.25) is 0 Å². The Morgan fingerprint density at radius 3 is 2.61 bits per heavy atom. The lowest BCUT2D eigenvalue weighted by Crippen LogP contribution is -2.14. The van der Waals surface area contributed by atoms with Gasteiger partial charge >= 0.3 is 0 Å². The van der Waals surface area contributed by atoms with Crippen molar-refractivity contribution in [3.63, 3.8) is 0 Å². The van der Waals surface area contributed by atoms with Crippen LogP contribution in [0.15, 0.2) is 54.9 Å². The first-order valence-electron chi connectivity index (χ1n) is 7.71. The monoisotopic (exact) mass is 308 g/mol. The molecule has 23 heavy (non-hydrogen) atoms. The Bertz CT molecular complexity index is 710. The number of pyridine rings is 1. The summed E-state index contributed by atoms with van der Waals surface area (Å²) in [6.45, 7) is 0.651. The number of nitrogens with one attached hydrogen (secondary N) is 2. The summed E-state index contributed by atoms with van der Waals surface area (Å²) in [4.78, 5) is 8.65. The van der Waals surface area contributed by atoms with E-state index in [4.69, 9.17) is 5.73 Å². The van der Waals surface area contributed by atoms with Crippen LogP contribution in [0.3, 0.4) is 0 Å². The fraction of sp³-hybridized carbons (Fsp3) is 0.235. The quantitative estimate of drug-likeness (QED) is 0.624.